The van der Waals surface area contributed by atoms with Gasteiger partial charge in [-0.3, -0.25) is 0 Å². The van der Waals surface area contributed by atoms with Gasteiger partial charge in [0.25, 0.3) is 0 Å². The van der Waals surface area contributed by atoms with Crippen molar-refractivity contribution < 1.29 is 8.42 Å². The molecule has 0 amide bonds. The summed E-state index contributed by atoms with van der Waals surface area (Å²) in [6.07, 6.45) is 5.37. The molecule has 0 heterocycles. The Balaban J connectivity index is 1.85. The molecule has 0 aliphatic heterocycles. The summed E-state index contributed by atoms with van der Waals surface area (Å²) in [5, 5.41) is 0.524. The van der Waals surface area contributed by atoms with Gasteiger partial charge >= 0.3 is 0 Å². The van der Waals surface area contributed by atoms with Crippen molar-refractivity contribution in [2.24, 2.45) is 0 Å². The molecule has 3 nitrogen and oxygen atoms in total. The zero-order chi connectivity index (χ0) is 17.2. The second kappa shape index (κ2) is 7.26. The van der Waals surface area contributed by atoms with Gasteiger partial charge in [-0.05, 0) is 73.1 Å². The lowest BCUT2D eigenvalue weighted by Gasteiger charge is -2.21. The summed E-state index contributed by atoms with van der Waals surface area (Å²) < 4.78 is 28.1. The van der Waals surface area contributed by atoms with Crippen LogP contribution in [0.3, 0.4) is 0 Å². The highest BCUT2D eigenvalue weighted by Gasteiger charge is 2.21. The molecule has 1 aliphatic carbocycles. The van der Waals surface area contributed by atoms with E-state index in [9.17, 15) is 8.42 Å². The van der Waals surface area contributed by atoms with Crippen LogP contribution in [0.1, 0.15) is 48.9 Å². The fraction of sp³-hybridized carbons (Fsp3) is 0.368. The van der Waals surface area contributed by atoms with E-state index in [1.54, 1.807) is 12.1 Å². The molecule has 0 aromatic heterocycles. The quantitative estimate of drug-likeness (QED) is 0.840. The number of fused-ring (bicyclic) bond motifs is 1. The summed E-state index contributed by atoms with van der Waals surface area (Å²) in [6, 6.07) is 12.4. The van der Waals surface area contributed by atoms with Crippen LogP contribution < -0.4 is 4.72 Å². The second-order valence-corrected chi connectivity index (χ2v) is 8.42. The number of hydrogen-bond donors (Lipinski definition) is 1. The first-order valence-electron chi connectivity index (χ1n) is 8.39. The van der Waals surface area contributed by atoms with Crippen molar-refractivity contribution in [2.45, 2.75) is 50.0 Å². The Morgan fingerprint density at radius 3 is 2.38 bits per heavy atom. The van der Waals surface area contributed by atoms with E-state index in [-0.39, 0.29) is 10.9 Å². The third kappa shape index (κ3) is 3.82. The smallest absolute Gasteiger partial charge is 0.207 e. The maximum absolute atomic E-state index is 12.6. The molecule has 1 unspecified atom stereocenters. The summed E-state index contributed by atoms with van der Waals surface area (Å²) in [4.78, 5) is 0.239. The highest BCUT2D eigenvalue weighted by atomic mass is 35.5. The van der Waals surface area contributed by atoms with E-state index in [2.05, 4.69) is 22.9 Å². The van der Waals surface area contributed by atoms with Crippen molar-refractivity contribution in [1.29, 1.82) is 0 Å². The molecule has 1 aliphatic rings. The van der Waals surface area contributed by atoms with Gasteiger partial charge in [0.05, 0.1) is 4.90 Å². The van der Waals surface area contributed by atoms with Gasteiger partial charge in [0, 0.05) is 11.1 Å². The highest BCUT2D eigenvalue weighted by Crippen LogP contribution is 2.27. The molecular formula is C19H22ClNO2S. The minimum Gasteiger partial charge on any atom is -0.207 e. The Morgan fingerprint density at radius 2 is 1.71 bits per heavy atom. The molecular weight excluding hydrogens is 342 g/mol. The fourth-order valence-corrected chi connectivity index (χ4v) is 4.66. The van der Waals surface area contributed by atoms with Crippen molar-refractivity contribution >= 4 is 21.6 Å². The highest BCUT2D eigenvalue weighted by molar-refractivity contribution is 7.89. The van der Waals surface area contributed by atoms with Gasteiger partial charge in [-0.2, -0.15) is 0 Å². The van der Waals surface area contributed by atoms with Crippen LogP contribution >= 0.6 is 11.6 Å². The first kappa shape index (κ1) is 17.5. The van der Waals surface area contributed by atoms with Gasteiger partial charge in [-0.25, -0.2) is 13.1 Å². The Morgan fingerprint density at radius 1 is 1.04 bits per heavy atom. The number of hydrogen-bond acceptors (Lipinski definition) is 2. The normalized spacial score (nSPS) is 15.8. The zero-order valence-electron chi connectivity index (χ0n) is 13.8. The van der Waals surface area contributed by atoms with Crippen molar-refractivity contribution in [3.63, 3.8) is 0 Å². The maximum Gasteiger partial charge on any atom is 0.241 e. The van der Waals surface area contributed by atoms with E-state index in [0.29, 0.717) is 11.4 Å². The van der Waals surface area contributed by atoms with E-state index in [1.807, 2.05) is 6.92 Å². The van der Waals surface area contributed by atoms with E-state index < -0.39 is 10.0 Å². The van der Waals surface area contributed by atoms with Crippen LogP contribution in [0.2, 0.25) is 5.02 Å². The van der Waals surface area contributed by atoms with Crippen LogP contribution in [0.15, 0.2) is 47.4 Å². The molecule has 0 bridgehead atoms. The summed E-state index contributed by atoms with van der Waals surface area (Å²) in [5.74, 6) is 0. The van der Waals surface area contributed by atoms with Gasteiger partial charge in [-0.1, -0.05) is 36.7 Å². The lowest BCUT2D eigenvalue weighted by molar-refractivity contribution is 0.549. The lowest BCUT2D eigenvalue weighted by atomic mass is 9.89. The summed E-state index contributed by atoms with van der Waals surface area (Å²) in [6.45, 7) is 1.99. The summed E-state index contributed by atoms with van der Waals surface area (Å²) in [7, 11) is -3.57. The molecule has 3 rings (SSSR count). The van der Waals surface area contributed by atoms with Crippen molar-refractivity contribution in [3.05, 3.63) is 64.2 Å². The average Bonchev–Trinajstić information content (AvgIpc) is 2.59. The van der Waals surface area contributed by atoms with E-state index in [1.165, 1.54) is 36.1 Å². The predicted octanol–water partition coefficient (Wildman–Crippen LogP) is 4.65. The van der Waals surface area contributed by atoms with E-state index in [4.69, 9.17) is 11.6 Å². The fourth-order valence-electron chi connectivity index (χ4n) is 3.23. The molecule has 0 fully saturated rings. The van der Waals surface area contributed by atoms with Crippen molar-refractivity contribution in [1.82, 2.24) is 4.72 Å². The van der Waals surface area contributed by atoms with Crippen molar-refractivity contribution in [2.75, 3.05) is 0 Å². The lowest BCUT2D eigenvalue weighted by Crippen LogP contribution is -2.28. The van der Waals surface area contributed by atoms with E-state index in [0.717, 1.165) is 18.4 Å². The summed E-state index contributed by atoms with van der Waals surface area (Å²) in [5.41, 5.74) is 3.80. The number of rotatable bonds is 5. The Labute approximate surface area is 149 Å². The minimum absolute atomic E-state index is 0.224. The molecule has 0 saturated carbocycles. The third-order valence-electron chi connectivity index (χ3n) is 4.60. The predicted molar refractivity (Wildman–Crippen MR) is 97.9 cm³/mol. The largest absolute Gasteiger partial charge is 0.241 e. The molecule has 0 spiro atoms. The number of aryl methyl sites for hydroxylation is 2. The van der Waals surface area contributed by atoms with Gasteiger partial charge in [0.1, 0.15) is 0 Å². The maximum atomic E-state index is 12.6. The van der Waals surface area contributed by atoms with Crippen LogP contribution in [0.5, 0.6) is 0 Å². The number of halogens is 1. The average molecular weight is 364 g/mol. The van der Waals surface area contributed by atoms with Crippen molar-refractivity contribution in [3.8, 4) is 0 Å². The second-order valence-electron chi connectivity index (χ2n) is 6.27. The molecule has 2 aromatic carbocycles. The molecule has 24 heavy (non-hydrogen) atoms. The Kier molecular flexibility index (Phi) is 5.28. The third-order valence-corrected chi connectivity index (χ3v) is 6.34. The first-order valence-corrected chi connectivity index (χ1v) is 10.3. The molecule has 5 heteroatoms. The molecule has 128 valence electrons. The van der Waals surface area contributed by atoms with Crippen LogP contribution in [0, 0.1) is 0 Å². The zero-order valence-corrected chi connectivity index (χ0v) is 15.3. The standard InChI is InChI=1S/C19H22ClNO2S/c1-2-19(16-8-7-14-5-3-4-6-15(14)13-16)21-24(22,23)18-11-9-17(20)10-12-18/h7-13,19,21H,2-6H2,1H3. The Bertz CT molecular complexity index is 816. The molecule has 1 N–H and O–H groups in total. The van der Waals surface area contributed by atoms with Gasteiger partial charge < -0.3 is 0 Å². The number of sulfonamides is 1. The first-order chi connectivity index (χ1) is 11.5. The van der Waals surface area contributed by atoms with Crippen LogP contribution in [0.4, 0.5) is 0 Å². The molecule has 1 atom stereocenters. The molecule has 0 saturated heterocycles. The van der Waals surface area contributed by atoms with Crippen LogP contribution in [-0.2, 0) is 22.9 Å². The van der Waals surface area contributed by atoms with Crippen LogP contribution in [0.25, 0.3) is 0 Å². The number of benzene rings is 2. The molecule has 0 radical (unpaired) electrons. The Hall–Kier alpha value is -1.36. The monoisotopic (exact) mass is 363 g/mol. The van der Waals surface area contributed by atoms with Gasteiger partial charge in [-0.15, -0.1) is 0 Å². The van der Waals surface area contributed by atoms with E-state index >= 15 is 0 Å². The van der Waals surface area contributed by atoms with Gasteiger partial charge in [0.15, 0.2) is 0 Å². The van der Waals surface area contributed by atoms with Gasteiger partial charge in [0.2, 0.25) is 10.0 Å². The number of nitrogens with one attached hydrogen (secondary N) is 1. The minimum atomic E-state index is -3.57. The topological polar surface area (TPSA) is 46.2 Å². The SMILES string of the molecule is CCC(NS(=O)(=O)c1ccc(Cl)cc1)c1ccc2c(c1)CCCC2. The molecule has 2 aromatic rings. The van der Waals surface area contributed by atoms with Crippen LogP contribution in [-0.4, -0.2) is 8.42 Å². The summed E-state index contributed by atoms with van der Waals surface area (Å²) >= 11 is 5.84.